The fraction of sp³-hybridized carbons (Fsp3) is 0.611. The van der Waals surface area contributed by atoms with Crippen molar-refractivity contribution < 1.29 is 4.79 Å². The van der Waals surface area contributed by atoms with E-state index in [1.54, 1.807) is 0 Å². The number of benzene rings is 1. The average Bonchev–Trinajstić information content (AvgIpc) is 2.39. The molecule has 1 aliphatic rings. The molecule has 1 aromatic carbocycles. The van der Waals surface area contributed by atoms with Gasteiger partial charge in [-0.3, -0.25) is 4.79 Å². The lowest BCUT2D eigenvalue weighted by Gasteiger charge is -2.46. The number of hydrogen-bond donors (Lipinski definition) is 1. The molecule has 1 heterocycles. The molecule has 2 rings (SSSR count). The number of amides is 1. The number of carbonyl (C=O) groups excluding carboxylic acids is 1. The van der Waals surface area contributed by atoms with Gasteiger partial charge in [-0.2, -0.15) is 0 Å². The lowest BCUT2D eigenvalue weighted by atomic mass is 9.92. The van der Waals surface area contributed by atoms with Crippen LogP contribution in [0, 0.1) is 12.8 Å². The van der Waals surface area contributed by atoms with E-state index in [-0.39, 0.29) is 11.4 Å². The summed E-state index contributed by atoms with van der Waals surface area (Å²) in [5, 5.41) is 3.59. The molecular formula is C18H28N2O. The van der Waals surface area contributed by atoms with Crippen molar-refractivity contribution in [3.63, 3.8) is 0 Å². The van der Waals surface area contributed by atoms with Gasteiger partial charge in [-0.25, -0.2) is 0 Å². The molecule has 0 saturated carbocycles. The zero-order valence-corrected chi connectivity index (χ0v) is 13.9. The summed E-state index contributed by atoms with van der Waals surface area (Å²) in [5.74, 6) is 0.790. The summed E-state index contributed by atoms with van der Waals surface area (Å²) in [4.78, 5) is 14.9. The second kappa shape index (κ2) is 6.18. The highest BCUT2D eigenvalue weighted by Crippen LogP contribution is 2.24. The molecule has 1 N–H and O–H groups in total. The summed E-state index contributed by atoms with van der Waals surface area (Å²) in [6, 6.07) is 8.29. The zero-order valence-electron chi connectivity index (χ0n) is 13.9. The zero-order chi connectivity index (χ0) is 15.6. The smallest absolute Gasteiger partial charge is 0.254 e. The van der Waals surface area contributed by atoms with Crippen LogP contribution in [0.1, 0.15) is 50.0 Å². The van der Waals surface area contributed by atoms with E-state index in [4.69, 9.17) is 0 Å². The Labute approximate surface area is 128 Å². The van der Waals surface area contributed by atoms with Crippen molar-refractivity contribution in [1.29, 1.82) is 0 Å². The van der Waals surface area contributed by atoms with Crippen molar-refractivity contribution >= 4 is 5.91 Å². The third-order valence-electron chi connectivity index (χ3n) is 4.22. The van der Waals surface area contributed by atoms with Crippen LogP contribution in [0.4, 0.5) is 0 Å². The number of piperazine rings is 1. The number of aryl methyl sites for hydroxylation is 1. The number of carbonyl (C=O) groups is 1. The van der Waals surface area contributed by atoms with Crippen LogP contribution in [0.3, 0.4) is 0 Å². The van der Waals surface area contributed by atoms with E-state index in [0.717, 1.165) is 30.6 Å². The van der Waals surface area contributed by atoms with Crippen LogP contribution in [0.15, 0.2) is 24.3 Å². The molecular weight excluding hydrogens is 260 g/mol. The van der Waals surface area contributed by atoms with E-state index < -0.39 is 0 Å². The SMILES string of the molecule is Cc1cccc(C(=O)N2CC(CC(C)C)NCC2(C)C)c1. The van der Waals surface area contributed by atoms with Gasteiger partial charge in [0.05, 0.1) is 5.54 Å². The minimum atomic E-state index is -0.145. The summed E-state index contributed by atoms with van der Waals surface area (Å²) in [7, 11) is 0. The maximum absolute atomic E-state index is 12.9. The van der Waals surface area contributed by atoms with Gasteiger partial charge in [0.2, 0.25) is 0 Å². The minimum absolute atomic E-state index is 0.145. The summed E-state index contributed by atoms with van der Waals surface area (Å²) >= 11 is 0. The lowest BCUT2D eigenvalue weighted by molar-refractivity contribution is 0.0377. The predicted octanol–water partition coefficient (Wildman–Crippen LogP) is 3.23. The van der Waals surface area contributed by atoms with Crippen molar-refractivity contribution in [1.82, 2.24) is 10.2 Å². The molecule has 0 radical (unpaired) electrons. The van der Waals surface area contributed by atoms with Gasteiger partial charge in [-0.15, -0.1) is 0 Å². The lowest BCUT2D eigenvalue weighted by Crippen LogP contribution is -2.63. The molecule has 0 aromatic heterocycles. The van der Waals surface area contributed by atoms with Crippen molar-refractivity contribution in [3.8, 4) is 0 Å². The molecule has 1 aromatic rings. The van der Waals surface area contributed by atoms with Crippen LogP contribution in [0.2, 0.25) is 0 Å². The molecule has 1 unspecified atom stereocenters. The Morgan fingerprint density at radius 2 is 2.14 bits per heavy atom. The summed E-state index contributed by atoms with van der Waals surface area (Å²) in [6.07, 6.45) is 1.10. The van der Waals surface area contributed by atoms with E-state index in [1.807, 2.05) is 36.1 Å². The van der Waals surface area contributed by atoms with Gasteiger partial charge in [0.25, 0.3) is 5.91 Å². The first kappa shape index (κ1) is 16.0. The van der Waals surface area contributed by atoms with Gasteiger partial charge >= 0.3 is 0 Å². The van der Waals surface area contributed by atoms with Crippen LogP contribution in [0.5, 0.6) is 0 Å². The van der Waals surface area contributed by atoms with Gasteiger partial charge in [0.15, 0.2) is 0 Å². The first-order valence-electron chi connectivity index (χ1n) is 7.91. The maximum Gasteiger partial charge on any atom is 0.254 e. The number of nitrogens with one attached hydrogen (secondary N) is 1. The normalized spacial score (nSPS) is 21.6. The van der Waals surface area contributed by atoms with E-state index in [0.29, 0.717) is 12.0 Å². The number of rotatable bonds is 3. The molecule has 1 fully saturated rings. The quantitative estimate of drug-likeness (QED) is 0.926. The fourth-order valence-electron chi connectivity index (χ4n) is 3.04. The van der Waals surface area contributed by atoms with Crippen LogP contribution < -0.4 is 5.32 Å². The van der Waals surface area contributed by atoms with Crippen LogP contribution in [-0.2, 0) is 0 Å². The second-order valence-electron chi connectivity index (χ2n) is 7.31. The maximum atomic E-state index is 12.9. The first-order valence-corrected chi connectivity index (χ1v) is 7.91. The Kier molecular flexibility index (Phi) is 4.72. The van der Waals surface area contributed by atoms with Gasteiger partial charge in [0, 0.05) is 24.7 Å². The van der Waals surface area contributed by atoms with E-state index in [9.17, 15) is 4.79 Å². The Hall–Kier alpha value is -1.35. The van der Waals surface area contributed by atoms with Crippen LogP contribution in [0.25, 0.3) is 0 Å². The average molecular weight is 288 g/mol. The molecule has 1 aliphatic heterocycles. The van der Waals surface area contributed by atoms with Gasteiger partial charge in [-0.1, -0.05) is 31.5 Å². The van der Waals surface area contributed by atoms with Gasteiger partial charge in [-0.05, 0) is 45.2 Å². The minimum Gasteiger partial charge on any atom is -0.331 e. The van der Waals surface area contributed by atoms with Crippen molar-refractivity contribution in [2.24, 2.45) is 5.92 Å². The molecule has 1 saturated heterocycles. The molecule has 3 heteroatoms. The van der Waals surface area contributed by atoms with E-state index in [1.165, 1.54) is 0 Å². The molecule has 0 aliphatic carbocycles. The second-order valence-corrected chi connectivity index (χ2v) is 7.31. The topological polar surface area (TPSA) is 32.3 Å². The summed E-state index contributed by atoms with van der Waals surface area (Å²) in [6.45, 7) is 12.4. The van der Waals surface area contributed by atoms with E-state index >= 15 is 0 Å². The standard InChI is InChI=1S/C18H28N2O/c1-13(2)9-16-11-20(18(4,5)12-19-16)17(21)15-8-6-7-14(3)10-15/h6-8,10,13,16,19H,9,11-12H2,1-5H3. The molecule has 3 nitrogen and oxygen atoms in total. The van der Waals surface area contributed by atoms with E-state index in [2.05, 4.69) is 33.0 Å². The molecule has 0 bridgehead atoms. The van der Waals surface area contributed by atoms with Crippen LogP contribution in [-0.4, -0.2) is 35.5 Å². The Morgan fingerprint density at radius 1 is 1.43 bits per heavy atom. The Bertz CT molecular complexity index is 508. The van der Waals surface area contributed by atoms with Crippen molar-refractivity contribution in [3.05, 3.63) is 35.4 Å². The Morgan fingerprint density at radius 3 is 2.76 bits per heavy atom. The van der Waals surface area contributed by atoms with Crippen LogP contribution >= 0.6 is 0 Å². The molecule has 21 heavy (non-hydrogen) atoms. The third-order valence-corrected chi connectivity index (χ3v) is 4.22. The summed E-state index contributed by atoms with van der Waals surface area (Å²) in [5.41, 5.74) is 1.79. The van der Waals surface area contributed by atoms with Crippen molar-refractivity contribution in [2.45, 2.75) is 52.6 Å². The molecule has 116 valence electrons. The monoisotopic (exact) mass is 288 g/mol. The molecule has 0 spiro atoms. The molecule has 1 atom stereocenters. The number of hydrogen-bond acceptors (Lipinski definition) is 2. The van der Waals surface area contributed by atoms with Crippen molar-refractivity contribution in [2.75, 3.05) is 13.1 Å². The predicted molar refractivity (Wildman–Crippen MR) is 87.5 cm³/mol. The highest BCUT2D eigenvalue weighted by molar-refractivity contribution is 5.95. The Balaban J connectivity index is 2.19. The highest BCUT2D eigenvalue weighted by atomic mass is 16.2. The molecule has 1 amide bonds. The van der Waals surface area contributed by atoms with Gasteiger partial charge < -0.3 is 10.2 Å². The first-order chi connectivity index (χ1) is 9.79. The number of nitrogens with zero attached hydrogens (tertiary/aromatic N) is 1. The van der Waals surface area contributed by atoms with Gasteiger partial charge in [0.1, 0.15) is 0 Å². The highest BCUT2D eigenvalue weighted by Gasteiger charge is 2.37. The third kappa shape index (κ3) is 3.85. The summed E-state index contributed by atoms with van der Waals surface area (Å²) < 4.78 is 0. The fourth-order valence-corrected chi connectivity index (χ4v) is 3.04. The largest absolute Gasteiger partial charge is 0.331 e.